The number of halogens is 1. The zero-order valence-corrected chi connectivity index (χ0v) is 17.9. The molecule has 1 amide bonds. The van der Waals surface area contributed by atoms with Gasteiger partial charge in [-0.1, -0.05) is 23.7 Å². The average Bonchev–Trinajstić information content (AvgIpc) is 3.22. The van der Waals surface area contributed by atoms with Crippen LogP contribution in [0.4, 0.5) is 5.69 Å². The fourth-order valence-corrected chi connectivity index (χ4v) is 3.16. The number of benzene rings is 2. The molecule has 156 valence electrons. The Labute approximate surface area is 184 Å². The Morgan fingerprint density at radius 1 is 1.16 bits per heavy atom. The number of amides is 1. The summed E-state index contributed by atoms with van der Waals surface area (Å²) in [6.45, 7) is 3.63. The van der Waals surface area contributed by atoms with Gasteiger partial charge in [0.2, 0.25) is 0 Å². The lowest BCUT2D eigenvalue weighted by molar-refractivity contribution is -0.112. The van der Waals surface area contributed by atoms with Crippen molar-refractivity contribution in [2.45, 2.75) is 13.8 Å². The minimum absolute atomic E-state index is 0.113. The normalized spacial score (nSPS) is 11.0. The zero-order chi connectivity index (χ0) is 22.5. The largest absolute Gasteiger partial charge is 0.465 e. The van der Waals surface area contributed by atoms with Crippen molar-refractivity contribution in [2.24, 2.45) is 0 Å². The Balaban J connectivity index is 1.84. The molecular weight excluding hydrogens is 416 g/mol. The third-order valence-electron chi connectivity index (χ3n) is 4.71. The Morgan fingerprint density at radius 3 is 2.61 bits per heavy atom. The van der Waals surface area contributed by atoms with Crippen molar-refractivity contribution < 1.29 is 18.7 Å². The van der Waals surface area contributed by atoms with Gasteiger partial charge >= 0.3 is 5.97 Å². The first-order valence-electron chi connectivity index (χ1n) is 9.31. The van der Waals surface area contributed by atoms with Gasteiger partial charge in [-0.25, -0.2) is 4.79 Å². The lowest BCUT2D eigenvalue weighted by atomic mass is 10.0. The highest BCUT2D eigenvalue weighted by molar-refractivity contribution is 6.31. The Hall–Kier alpha value is -3.82. The molecule has 1 aromatic heterocycles. The van der Waals surface area contributed by atoms with Crippen LogP contribution in [-0.2, 0) is 9.53 Å². The maximum atomic E-state index is 12.5. The molecule has 7 heteroatoms. The van der Waals surface area contributed by atoms with Crippen LogP contribution < -0.4 is 5.32 Å². The highest BCUT2D eigenvalue weighted by Gasteiger charge is 2.15. The van der Waals surface area contributed by atoms with Crippen LogP contribution in [-0.4, -0.2) is 19.0 Å². The minimum atomic E-state index is -0.565. The van der Waals surface area contributed by atoms with E-state index >= 15 is 0 Å². The molecule has 0 radical (unpaired) electrons. The second-order valence-corrected chi connectivity index (χ2v) is 7.17. The van der Waals surface area contributed by atoms with Gasteiger partial charge in [0.05, 0.1) is 12.7 Å². The van der Waals surface area contributed by atoms with E-state index in [1.165, 1.54) is 13.2 Å². The van der Waals surface area contributed by atoms with Gasteiger partial charge in [0.1, 0.15) is 23.2 Å². The van der Waals surface area contributed by atoms with Gasteiger partial charge in [-0.15, -0.1) is 0 Å². The quantitative estimate of drug-likeness (QED) is 0.323. The zero-order valence-electron chi connectivity index (χ0n) is 17.2. The van der Waals surface area contributed by atoms with Gasteiger partial charge in [0, 0.05) is 22.3 Å². The summed E-state index contributed by atoms with van der Waals surface area (Å²) < 4.78 is 10.5. The molecule has 0 aliphatic carbocycles. The fraction of sp³-hybridized carbons (Fsp3) is 0.125. The van der Waals surface area contributed by atoms with Crippen LogP contribution in [0, 0.1) is 25.2 Å². The standard InChI is InChI=1S/C24H19ClN2O4/c1-14-11-16(24(29)30-3)7-9-19(14)22-10-8-18(31-22)12-17(13-26)23(28)27-21-6-4-5-20(25)15(21)2/h4-12H,1-3H3,(H,27,28)/b17-12-. The number of nitriles is 1. The number of anilines is 1. The van der Waals surface area contributed by atoms with Crippen molar-refractivity contribution in [3.8, 4) is 17.4 Å². The molecule has 0 spiro atoms. The second-order valence-electron chi connectivity index (χ2n) is 6.76. The summed E-state index contributed by atoms with van der Waals surface area (Å²) in [4.78, 5) is 24.2. The predicted molar refractivity (Wildman–Crippen MR) is 119 cm³/mol. The van der Waals surface area contributed by atoms with Crippen molar-refractivity contribution in [3.63, 3.8) is 0 Å². The highest BCUT2D eigenvalue weighted by Crippen LogP contribution is 2.28. The van der Waals surface area contributed by atoms with Crippen molar-refractivity contribution in [1.82, 2.24) is 0 Å². The van der Waals surface area contributed by atoms with Crippen LogP contribution in [0.5, 0.6) is 0 Å². The van der Waals surface area contributed by atoms with E-state index in [-0.39, 0.29) is 5.57 Å². The summed E-state index contributed by atoms with van der Waals surface area (Å²) in [6, 6.07) is 15.6. The van der Waals surface area contributed by atoms with Gasteiger partial charge in [-0.3, -0.25) is 4.79 Å². The molecule has 0 fully saturated rings. The maximum Gasteiger partial charge on any atom is 0.337 e. The third kappa shape index (κ3) is 4.85. The predicted octanol–water partition coefficient (Wildman–Crippen LogP) is 5.55. The number of carbonyl (C=O) groups is 2. The van der Waals surface area contributed by atoms with Gasteiger partial charge in [-0.05, 0) is 61.4 Å². The Kier molecular flexibility index (Phi) is 6.58. The molecule has 2 aromatic carbocycles. The third-order valence-corrected chi connectivity index (χ3v) is 5.12. The molecule has 0 aliphatic rings. The van der Waals surface area contributed by atoms with Crippen molar-refractivity contribution in [1.29, 1.82) is 5.26 Å². The molecule has 0 aliphatic heterocycles. The SMILES string of the molecule is COC(=O)c1ccc(-c2ccc(/C=C(/C#N)C(=O)Nc3cccc(Cl)c3C)o2)c(C)c1. The topological polar surface area (TPSA) is 92.3 Å². The van der Waals surface area contributed by atoms with Crippen molar-refractivity contribution in [2.75, 3.05) is 12.4 Å². The van der Waals surface area contributed by atoms with Gasteiger partial charge in [0.15, 0.2) is 0 Å². The van der Waals surface area contributed by atoms with E-state index in [1.807, 2.05) is 13.0 Å². The molecule has 0 saturated heterocycles. The molecule has 0 bridgehead atoms. The van der Waals surface area contributed by atoms with E-state index < -0.39 is 11.9 Å². The van der Waals surface area contributed by atoms with Crippen LogP contribution in [0.3, 0.4) is 0 Å². The summed E-state index contributed by atoms with van der Waals surface area (Å²) in [5.41, 5.74) is 3.17. The molecule has 0 atom stereocenters. The van der Waals surface area contributed by atoms with E-state index in [2.05, 4.69) is 5.32 Å². The molecule has 0 unspecified atom stereocenters. The van der Waals surface area contributed by atoms with E-state index in [0.717, 1.165) is 11.1 Å². The first-order valence-corrected chi connectivity index (χ1v) is 9.69. The lowest BCUT2D eigenvalue weighted by Gasteiger charge is -2.08. The van der Waals surface area contributed by atoms with Gasteiger partial charge in [-0.2, -0.15) is 5.26 Å². The first kappa shape index (κ1) is 21.9. The number of esters is 1. The van der Waals surface area contributed by atoms with Crippen LogP contribution in [0.25, 0.3) is 17.4 Å². The minimum Gasteiger partial charge on any atom is -0.465 e. The number of aryl methyl sites for hydroxylation is 1. The van der Waals surface area contributed by atoms with Crippen molar-refractivity contribution in [3.05, 3.63) is 81.6 Å². The average molecular weight is 435 g/mol. The summed E-state index contributed by atoms with van der Waals surface area (Å²) >= 11 is 6.08. The van der Waals surface area contributed by atoms with Crippen molar-refractivity contribution >= 4 is 35.2 Å². The number of hydrogen-bond donors (Lipinski definition) is 1. The number of furan rings is 1. The molecular formula is C24H19ClN2O4. The molecule has 1 heterocycles. The van der Waals surface area contributed by atoms with E-state index in [9.17, 15) is 14.9 Å². The number of methoxy groups -OCH3 is 1. The van der Waals surface area contributed by atoms with Gasteiger partial charge in [0.25, 0.3) is 5.91 Å². The number of hydrogen-bond acceptors (Lipinski definition) is 5. The summed E-state index contributed by atoms with van der Waals surface area (Å²) in [5.74, 6) is -0.0914. The van der Waals surface area contributed by atoms with E-state index in [4.69, 9.17) is 20.8 Å². The van der Waals surface area contributed by atoms with E-state index in [0.29, 0.717) is 33.4 Å². The molecule has 3 aromatic rings. The summed E-state index contributed by atoms with van der Waals surface area (Å²) in [5, 5.41) is 12.7. The second kappa shape index (κ2) is 9.33. The fourth-order valence-electron chi connectivity index (χ4n) is 2.98. The number of nitrogens with zero attached hydrogens (tertiary/aromatic N) is 1. The molecule has 1 N–H and O–H groups in total. The highest BCUT2D eigenvalue weighted by atomic mass is 35.5. The van der Waals surface area contributed by atoms with Crippen LogP contribution in [0.1, 0.15) is 27.2 Å². The smallest absolute Gasteiger partial charge is 0.337 e. The van der Waals surface area contributed by atoms with Crippen LogP contribution >= 0.6 is 11.6 Å². The van der Waals surface area contributed by atoms with Crippen LogP contribution in [0.2, 0.25) is 5.02 Å². The molecule has 3 rings (SSSR count). The maximum absolute atomic E-state index is 12.5. The molecule has 6 nitrogen and oxygen atoms in total. The summed E-state index contributed by atoms with van der Waals surface area (Å²) in [7, 11) is 1.33. The monoisotopic (exact) mass is 434 g/mol. The van der Waals surface area contributed by atoms with Crippen LogP contribution in [0.15, 0.2) is 58.5 Å². The molecule has 0 saturated carbocycles. The lowest BCUT2D eigenvalue weighted by Crippen LogP contribution is -2.14. The number of rotatable bonds is 5. The van der Waals surface area contributed by atoms with E-state index in [1.54, 1.807) is 55.5 Å². The molecule has 31 heavy (non-hydrogen) atoms. The first-order chi connectivity index (χ1) is 14.8. The number of nitrogens with one attached hydrogen (secondary N) is 1. The Bertz CT molecular complexity index is 1230. The van der Waals surface area contributed by atoms with Gasteiger partial charge < -0.3 is 14.5 Å². The summed E-state index contributed by atoms with van der Waals surface area (Å²) in [6.07, 6.45) is 1.37. The number of ether oxygens (including phenoxy) is 1. The number of carbonyl (C=O) groups excluding carboxylic acids is 2. The Morgan fingerprint density at radius 2 is 1.94 bits per heavy atom.